The Labute approximate surface area is 152 Å². The zero-order valence-corrected chi connectivity index (χ0v) is 16.2. The van der Waals surface area contributed by atoms with Crippen LogP contribution in [0.15, 0.2) is 11.6 Å². The third-order valence-electron chi connectivity index (χ3n) is 9.38. The average molecular weight is 343 g/mol. The van der Waals surface area contributed by atoms with Gasteiger partial charge in [-0.25, -0.2) is 0 Å². The van der Waals surface area contributed by atoms with E-state index in [-0.39, 0.29) is 5.60 Å². The molecular weight excluding hydrogens is 308 g/mol. The second kappa shape index (κ2) is 5.44. The average Bonchev–Trinajstić information content (AvgIpc) is 3.04. The fourth-order valence-corrected chi connectivity index (χ4v) is 8.43. The number of ketones is 1. The lowest BCUT2D eigenvalue weighted by Gasteiger charge is -2.56. The first-order valence-electron chi connectivity index (χ1n) is 10.9. The molecule has 4 fully saturated rings. The van der Waals surface area contributed by atoms with Gasteiger partial charge in [0.1, 0.15) is 0 Å². The molecule has 0 radical (unpaired) electrons. The first-order chi connectivity index (χ1) is 11.9. The van der Waals surface area contributed by atoms with Gasteiger partial charge in [-0.3, -0.25) is 4.79 Å². The van der Waals surface area contributed by atoms with E-state index >= 15 is 0 Å². The summed E-state index contributed by atoms with van der Waals surface area (Å²) in [6, 6.07) is 0. The summed E-state index contributed by atoms with van der Waals surface area (Å²) in [5.41, 5.74) is 2.04. The molecule has 0 aromatic heterocycles. The smallest absolute Gasteiger partial charge is 0.155 e. The molecule has 0 aromatic carbocycles. The monoisotopic (exact) mass is 342 g/mol. The van der Waals surface area contributed by atoms with E-state index in [4.69, 9.17) is 4.74 Å². The van der Waals surface area contributed by atoms with Gasteiger partial charge >= 0.3 is 0 Å². The van der Waals surface area contributed by atoms with E-state index in [1.54, 1.807) is 0 Å². The summed E-state index contributed by atoms with van der Waals surface area (Å²) in [6.45, 7) is 7.33. The number of hydrogen-bond acceptors (Lipinski definition) is 2. The molecule has 138 valence electrons. The van der Waals surface area contributed by atoms with E-state index in [1.807, 2.05) is 6.08 Å². The van der Waals surface area contributed by atoms with Gasteiger partial charge in [-0.1, -0.05) is 19.4 Å². The van der Waals surface area contributed by atoms with Crippen LogP contribution in [0.25, 0.3) is 0 Å². The van der Waals surface area contributed by atoms with Gasteiger partial charge in [0, 0.05) is 6.42 Å². The van der Waals surface area contributed by atoms with Crippen LogP contribution in [0.5, 0.6) is 0 Å². The first kappa shape index (κ1) is 16.5. The number of rotatable bonds is 0. The molecule has 25 heavy (non-hydrogen) atoms. The van der Waals surface area contributed by atoms with Crippen LogP contribution in [-0.2, 0) is 9.53 Å². The van der Waals surface area contributed by atoms with Crippen molar-refractivity contribution < 1.29 is 9.53 Å². The second-order valence-corrected chi connectivity index (χ2v) is 10.3. The van der Waals surface area contributed by atoms with Gasteiger partial charge in [0.25, 0.3) is 0 Å². The van der Waals surface area contributed by atoms with Crippen molar-refractivity contribution >= 4 is 5.78 Å². The number of allylic oxidation sites excluding steroid dienone is 1. The Morgan fingerprint density at radius 2 is 1.88 bits per heavy atom. The van der Waals surface area contributed by atoms with Crippen LogP contribution >= 0.6 is 0 Å². The summed E-state index contributed by atoms with van der Waals surface area (Å²) < 4.78 is 6.74. The molecule has 8 atom stereocenters. The third-order valence-corrected chi connectivity index (χ3v) is 9.38. The van der Waals surface area contributed by atoms with Crippen LogP contribution in [0.1, 0.15) is 78.6 Å². The van der Waals surface area contributed by atoms with E-state index < -0.39 is 0 Å². The van der Waals surface area contributed by atoms with Gasteiger partial charge in [0.15, 0.2) is 5.78 Å². The molecule has 3 saturated carbocycles. The molecule has 5 rings (SSSR count). The Balaban J connectivity index is 1.46. The number of carbonyl (C=O) groups is 1. The van der Waals surface area contributed by atoms with Crippen molar-refractivity contribution in [2.75, 3.05) is 0 Å². The largest absolute Gasteiger partial charge is 0.371 e. The van der Waals surface area contributed by atoms with Gasteiger partial charge in [-0.05, 0) is 99.4 Å². The van der Waals surface area contributed by atoms with Crippen molar-refractivity contribution in [2.45, 2.75) is 90.3 Å². The second-order valence-electron chi connectivity index (χ2n) is 10.3. The number of fused-ring (bicyclic) bond motifs is 6. The standard InChI is InChI=1S/C23H34O2/c1-14-12-15(2)25-23(14)11-9-21-20-6-4-16-13-17(24)5-7-18(16)19(20)8-10-22(21,23)3/h13-15,18-21H,4-12H2,1-3H3/t14-,15+,18+,19-,20-,21+,22+,23-/m1/s1. The van der Waals surface area contributed by atoms with Crippen LogP contribution in [0.4, 0.5) is 0 Å². The highest BCUT2D eigenvalue weighted by atomic mass is 16.5. The van der Waals surface area contributed by atoms with Crippen molar-refractivity contribution in [3.63, 3.8) is 0 Å². The Bertz CT molecular complexity index is 622. The minimum Gasteiger partial charge on any atom is -0.371 e. The SMILES string of the molecule is C[C@@H]1C[C@H](C)O[C@]12CC[C@H]1[C@@H]3CCC4=CC(=O)CC[C@@H]4[C@H]3CC[C@@]12C. The maximum absolute atomic E-state index is 11.9. The molecule has 4 aliphatic carbocycles. The van der Waals surface area contributed by atoms with Gasteiger partial charge in [0.2, 0.25) is 0 Å². The van der Waals surface area contributed by atoms with E-state index in [1.165, 1.54) is 50.5 Å². The Kier molecular flexibility index (Phi) is 3.60. The van der Waals surface area contributed by atoms with E-state index in [0.717, 1.165) is 36.5 Å². The number of hydrogen-bond donors (Lipinski definition) is 0. The minimum atomic E-state index is 0.153. The van der Waals surface area contributed by atoms with Gasteiger partial charge in [-0.2, -0.15) is 0 Å². The van der Waals surface area contributed by atoms with Crippen molar-refractivity contribution in [3.05, 3.63) is 11.6 Å². The lowest BCUT2D eigenvalue weighted by atomic mass is 9.49. The molecule has 0 unspecified atom stereocenters. The highest BCUT2D eigenvalue weighted by Gasteiger charge is 2.66. The molecule has 1 saturated heterocycles. The van der Waals surface area contributed by atoms with Crippen LogP contribution in [-0.4, -0.2) is 17.5 Å². The van der Waals surface area contributed by atoms with Gasteiger partial charge in [0.05, 0.1) is 11.7 Å². The maximum atomic E-state index is 11.9. The molecule has 2 heteroatoms. The molecule has 0 N–H and O–H groups in total. The first-order valence-corrected chi connectivity index (χ1v) is 10.9. The highest BCUT2D eigenvalue weighted by Crippen LogP contribution is 2.69. The third kappa shape index (κ3) is 2.10. The number of ether oxygens (including phenoxy) is 1. The van der Waals surface area contributed by atoms with E-state index in [0.29, 0.717) is 23.2 Å². The molecular formula is C23H34O2. The lowest BCUT2D eigenvalue weighted by Crippen LogP contribution is -2.54. The topological polar surface area (TPSA) is 26.3 Å². The Morgan fingerprint density at radius 1 is 1.04 bits per heavy atom. The van der Waals surface area contributed by atoms with Crippen LogP contribution < -0.4 is 0 Å². The number of carbonyl (C=O) groups excluding carboxylic acids is 1. The highest BCUT2D eigenvalue weighted by molar-refractivity contribution is 5.91. The Hall–Kier alpha value is -0.630. The normalized spacial score (nSPS) is 54.8. The zero-order chi connectivity index (χ0) is 17.4. The Morgan fingerprint density at radius 3 is 2.64 bits per heavy atom. The molecule has 0 aromatic rings. The molecule has 1 heterocycles. The summed E-state index contributed by atoms with van der Waals surface area (Å²) >= 11 is 0. The van der Waals surface area contributed by atoms with Crippen molar-refractivity contribution in [3.8, 4) is 0 Å². The molecule has 1 aliphatic heterocycles. The molecule has 0 amide bonds. The lowest BCUT2D eigenvalue weighted by molar-refractivity contribution is -0.156. The fourth-order valence-electron chi connectivity index (χ4n) is 8.43. The summed E-state index contributed by atoms with van der Waals surface area (Å²) in [5, 5.41) is 0. The van der Waals surface area contributed by atoms with E-state index in [9.17, 15) is 4.79 Å². The van der Waals surface area contributed by atoms with Crippen molar-refractivity contribution in [2.24, 2.45) is 35.0 Å². The quantitative estimate of drug-likeness (QED) is 0.596. The van der Waals surface area contributed by atoms with Crippen LogP contribution in [0.3, 0.4) is 0 Å². The summed E-state index contributed by atoms with van der Waals surface area (Å²) in [7, 11) is 0. The van der Waals surface area contributed by atoms with Crippen LogP contribution in [0, 0.1) is 35.0 Å². The zero-order valence-electron chi connectivity index (χ0n) is 16.2. The van der Waals surface area contributed by atoms with Crippen molar-refractivity contribution in [1.82, 2.24) is 0 Å². The summed E-state index contributed by atoms with van der Waals surface area (Å²) in [5.74, 6) is 4.37. The molecule has 0 bridgehead atoms. The summed E-state index contributed by atoms with van der Waals surface area (Å²) in [4.78, 5) is 11.9. The minimum absolute atomic E-state index is 0.153. The summed E-state index contributed by atoms with van der Waals surface area (Å²) in [6.07, 6.45) is 13.5. The van der Waals surface area contributed by atoms with E-state index in [2.05, 4.69) is 20.8 Å². The van der Waals surface area contributed by atoms with Crippen molar-refractivity contribution in [1.29, 1.82) is 0 Å². The predicted octanol–water partition coefficient (Wildman–Crippen LogP) is 5.31. The van der Waals surface area contributed by atoms with Gasteiger partial charge in [-0.15, -0.1) is 0 Å². The molecule has 2 nitrogen and oxygen atoms in total. The molecule has 5 aliphatic rings. The predicted molar refractivity (Wildman–Crippen MR) is 99.2 cm³/mol. The fraction of sp³-hybridized carbons (Fsp3) is 0.870. The maximum Gasteiger partial charge on any atom is 0.155 e. The molecule has 1 spiro atoms. The van der Waals surface area contributed by atoms with Gasteiger partial charge < -0.3 is 4.74 Å². The van der Waals surface area contributed by atoms with Crippen LogP contribution in [0.2, 0.25) is 0 Å².